The Labute approximate surface area is 187 Å². The van der Waals surface area contributed by atoms with Crippen molar-refractivity contribution in [2.75, 3.05) is 6.61 Å². The number of aliphatic hydroxyl groups is 1. The van der Waals surface area contributed by atoms with Gasteiger partial charge in [-0.25, -0.2) is 0 Å². The number of amides is 1. The zero-order valence-corrected chi connectivity index (χ0v) is 18.2. The molecule has 0 bridgehead atoms. The lowest BCUT2D eigenvalue weighted by Gasteiger charge is -2.44. The molecule has 1 aliphatic rings. The van der Waals surface area contributed by atoms with E-state index in [-0.39, 0.29) is 25.7 Å². The molecule has 1 amide bonds. The lowest BCUT2D eigenvalue weighted by molar-refractivity contribution is -0.276. The van der Waals surface area contributed by atoms with Crippen molar-refractivity contribution < 1.29 is 33.6 Å². The third kappa shape index (κ3) is 6.86. The third-order valence-corrected chi connectivity index (χ3v) is 5.06. The van der Waals surface area contributed by atoms with Gasteiger partial charge in [-0.15, -0.1) is 0 Å². The normalized spacial score (nSPS) is 25.2. The van der Waals surface area contributed by atoms with Crippen molar-refractivity contribution in [2.45, 2.75) is 57.7 Å². The fraction of sp³-hybridized carbons (Fsp3) is 0.417. The molecule has 0 radical (unpaired) electrons. The minimum Gasteiger partial charge on any atom is -0.463 e. The Balaban J connectivity index is 1.84. The van der Waals surface area contributed by atoms with E-state index in [0.29, 0.717) is 0 Å². The largest absolute Gasteiger partial charge is 0.463 e. The van der Waals surface area contributed by atoms with E-state index < -0.39 is 36.6 Å². The van der Waals surface area contributed by atoms with Crippen LogP contribution < -0.4 is 5.32 Å². The van der Waals surface area contributed by atoms with Crippen LogP contribution in [0.5, 0.6) is 0 Å². The highest BCUT2D eigenvalue weighted by atomic mass is 16.7. The van der Waals surface area contributed by atoms with E-state index >= 15 is 0 Å². The Morgan fingerprint density at radius 2 is 1.44 bits per heavy atom. The van der Waals surface area contributed by atoms with Gasteiger partial charge in [-0.1, -0.05) is 60.7 Å². The zero-order valence-electron chi connectivity index (χ0n) is 18.2. The maximum Gasteiger partial charge on any atom is 0.302 e. The quantitative estimate of drug-likeness (QED) is 0.571. The average molecular weight is 443 g/mol. The average Bonchev–Trinajstić information content (AvgIpc) is 2.78. The molecular weight excluding hydrogens is 414 g/mol. The topological polar surface area (TPSA) is 103 Å². The van der Waals surface area contributed by atoms with E-state index in [2.05, 4.69) is 5.32 Å². The second-order valence-corrected chi connectivity index (χ2v) is 7.62. The van der Waals surface area contributed by atoms with Crippen LogP contribution in [0.2, 0.25) is 0 Å². The zero-order chi connectivity index (χ0) is 22.9. The Morgan fingerprint density at radius 3 is 1.94 bits per heavy atom. The summed E-state index contributed by atoms with van der Waals surface area (Å²) in [6.45, 7) is 3.01. The van der Waals surface area contributed by atoms with E-state index in [1.165, 1.54) is 13.8 Å². The predicted molar refractivity (Wildman–Crippen MR) is 115 cm³/mol. The molecule has 0 aliphatic carbocycles. The standard InChI is InChI=1S/C24H29NO7/c1-16(26)25-21-23(31-14-19-11-7-4-8-12-19)22(30-13-18-9-5-3-6-10-18)20(32-24(21)28)15-29-17(2)27/h3-12,20-24,28H,13-15H2,1-2H3,(H,25,26)/t20-,21-,22-,23-,24+/m1/s1. The van der Waals surface area contributed by atoms with Crippen molar-refractivity contribution in [1.82, 2.24) is 5.32 Å². The van der Waals surface area contributed by atoms with Gasteiger partial charge in [0.25, 0.3) is 0 Å². The van der Waals surface area contributed by atoms with Crippen molar-refractivity contribution in [1.29, 1.82) is 0 Å². The van der Waals surface area contributed by atoms with Gasteiger partial charge in [0.2, 0.25) is 5.91 Å². The summed E-state index contributed by atoms with van der Waals surface area (Å²) in [4.78, 5) is 23.2. The van der Waals surface area contributed by atoms with Gasteiger partial charge in [-0.2, -0.15) is 0 Å². The molecule has 8 heteroatoms. The highest BCUT2D eigenvalue weighted by Gasteiger charge is 2.47. The minimum atomic E-state index is -1.36. The van der Waals surface area contributed by atoms with Crippen LogP contribution >= 0.6 is 0 Å². The van der Waals surface area contributed by atoms with Crippen LogP contribution in [0.4, 0.5) is 0 Å². The number of aliphatic hydroxyl groups excluding tert-OH is 1. The monoisotopic (exact) mass is 443 g/mol. The number of benzene rings is 2. The van der Waals surface area contributed by atoms with E-state index in [1.807, 2.05) is 60.7 Å². The van der Waals surface area contributed by atoms with Crippen LogP contribution in [0.15, 0.2) is 60.7 Å². The molecule has 32 heavy (non-hydrogen) atoms. The van der Waals surface area contributed by atoms with Gasteiger partial charge in [0.05, 0.1) is 13.2 Å². The number of nitrogens with one attached hydrogen (secondary N) is 1. The molecule has 1 saturated heterocycles. The number of rotatable bonds is 9. The Kier molecular flexibility index (Phi) is 8.75. The SMILES string of the molecule is CC(=O)N[C@@H]1[C@@H](OCc2ccccc2)[C@H](OCc2ccccc2)[C@@H](COC(C)=O)O[C@@H]1O. The van der Waals surface area contributed by atoms with E-state index in [4.69, 9.17) is 18.9 Å². The Morgan fingerprint density at radius 1 is 0.906 bits per heavy atom. The van der Waals surface area contributed by atoms with Crippen molar-refractivity contribution >= 4 is 11.9 Å². The molecule has 0 aromatic heterocycles. The van der Waals surface area contributed by atoms with Crippen LogP contribution in [0, 0.1) is 0 Å². The molecule has 0 spiro atoms. The van der Waals surface area contributed by atoms with Gasteiger partial charge in [0.1, 0.15) is 31.0 Å². The highest BCUT2D eigenvalue weighted by Crippen LogP contribution is 2.27. The molecule has 1 fully saturated rings. The first-order valence-electron chi connectivity index (χ1n) is 10.5. The van der Waals surface area contributed by atoms with Crippen molar-refractivity contribution in [3.05, 3.63) is 71.8 Å². The van der Waals surface area contributed by atoms with Crippen LogP contribution in [-0.4, -0.2) is 54.2 Å². The first kappa shape index (κ1) is 23.9. The molecule has 0 saturated carbocycles. The van der Waals surface area contributed by atoms with Gasteiger partial charge in [-0.3, -0.25) is 9.59 Å². The van der Waals surface area contributed by atoms with Crippen molar-refractivity contribution in [2.24, 2.45) is 0 Å². The van der Waals surface area contributed by atoms with Gasteiger partial charge in [0, 0.05) is 13.8 Å². The van der Waals surface area contributed by atoms with Crippen LogP contribution in [0.1, 0.15) is 25.0 Å². The second kappa shape index (κ2) is 11.7. The molecule has 2 aromatic carbocycles. The number of carbonyl (C=O) groups is 2. The van der Waals surface area contributed by atoms with Gasteiger partial charge in [-0.05, 0) is 11.1 Å². The maximum absolute atomic E-state index is 11.8. The van der Waals surface area contributed by atoms with Gasteiger partial charge >= 0.3 is 5.97 Å². The first-order valence-corrected chi connectivity index (χ1v) is 10.5. The van der Waals surface area contributed by atoms with Gasteiger partial charge < -0.3 is 29.4 Å². The summed E-state index contributed by atoms with van der Waals surface area (Å²) >= 11 is 0. The molecule has 1 heterocycles. The fourth-order valence-electron chi connectivity index (χ4n) is 3.58. The number of hydrogen-bond acceptors (Lipinski definition) is 7. The summed E-state index contributed by atoms with van der Waals surface area (Å²) in [6.07, 6.45) is -3.63. The molecule has 0 unspecified atom stereocenters. The third-order valence-electron chi connectivity index (χ3n) is 5.06. The molecule has 1 aliphatic heterocycles. The molecule has 172 valence electrons. The summed E-state index contributed by atoms with van der Waals surface area (Å²) in [5.41, 5.74) is 1.86. The van der Waals surface area contributed by atoms with E-state index in [1.54, 1.807) is 0 Å². The number of carbonyl (C=O) groups excluding carboxylic acids is 2. The summed E-state index contributed by atoms with van der Waals surface area (Å²) in [5, 5.41) is 13.3. The summed E-state index contributed by atoms with van der Waals surface area (Å²) in [5.74, 6) is -0.818. The molecule has 2 aromatic rings. The highest BCUT2D eigenvalue weighted by molar-refractivity contribution is 5.73. The predicted octanol–water partition coefficient (Wildman–Crippen LogP) is 1.94. The molecule has 3 rings (SSSR count). The van der Waals surface area contributed by atoms with Crippen molar-refractivity contribution in [3.8, 4) is 0 Å². The second-order valence-electron chi connectivity index (χ2n) is 7.62. The minimum absolute atomic E-state index is 0.121. The Hall–Kier alpha value is -2.78. The van der Waals surface area contributed by atoms with Gasteiger partial charge in [0.15, 0.2) is 6.29 Å². The summed E-state index contributed by atoms with van der Waals surface area (Å²) < 4.78 is 23.2. The van der Waals surface area contributed by atoms with Crippen molar-refractivity contribution in [3.63, 3.8) is 0 Å². The van der Waals surface area contributed by atoms with E-state index in [9.17, 15) is 14.7 Å². The number of ether oxygens (including phenoxy) is 4. The molecule has 2 N–H and O–H groups in total. The lowest BCUT2D eigenvalue weighted by Crippen LogP contribution is -2.65. The van der Waals surface area contributed by atoms with Crippen LogP contribution in [0.25, 0.3) is 0 Å². The first-order chi connectivity index (χ1) is 15.4. The lowest BCUT2D eigenvalue weighted by atomic mass is 9.96. The molecular formula is C24H29NO7. The van der Waals surface area contributed by atoms with E-state index in [0.717, 1.165) is 11.1 Å². The molecule has 8 nitrogen and oxygen atoms in total. The number of hydrogen-bond donors (Lipinski definition) is 2. The van der Waals surface area contributed by atoms with Crippen LogP contribution in [-0.2, 0) is 41.8 Å². The summed E-state index contributed by atoms with van der Waals surface area (Å²) in [7, 11) is 0. The Bertz CT molecular complexity index is 861. The smallest absolute Gasteiger partial charge is 0.302 e. The maximum atomic E-state index is 11.8. The summed E-state index contributed by atoms with van der Waals surface area (Å²) in [6, 6.07) is 18.2. The van der Waals surface area contributed by atoms with Crippen LogP contribution in [0.3, 0.4) is 0 Å². The fourth-order valence-corrected chi connectivity index (χ4v) is 3.58. The molecule has 5 atom stereocenters. The number of esters is 1.